The maximum atomic E-state index is 13.6. The van der Waals surface area contributed by atoms with E-state index in [2.05, 4.69) is 28.2 Å². The second kappa shape index (κ2) is 7.81. The van der Waals surface area contributed by atoms with Crippen LogP contribution in [0.2, 0.25) is 6.04 Å². The monoisotopic (exact) mass is 472 g/mol. The minimum absolute atomic E-state index is 0.0705. The highest BCUT2D eigenvalue weighted by Gasteiger charge is 2.44. The van der Waals surface area contributed by atoms with Crippen LogP contribution in [0.15, 0.2) is 47.1 Å². The molecule has 172 valence electrons. The molecule has 5 rings (SSSR count). The van der Waals surface area contributed by atoms with Crippen LogP contribution in [0.1, 0.15) is 35.9 Å². The fraction of sp³-hybridized carbons (Fsp3) is 0.348. The Labute approximate surface area is 190 Å². The van der Waals surface area contributed by atoms with Gasteiger partial charge >= 0.3 is 6.18 Å². The van der Waals surface area contributed by atoms with E-state index in [0.29, 0.717) is 11.5 Å². The second-order valence-electron chi connectivity index (χ2n) is 8.94. The van der Waals surface area contributed by atoms with Gasteiger partial charge in [0.15, 0.2) is 5.58 Å². The Morgan fingerprint density at radius 2 is 2.09 bits per heavy atom. The lowest BCUT2D eigenvalue weighted by atomic mass is 9.88. The van der Waals surface area contributed by atoms with E-state index in [-0.39, 0.29) is 27.6 Å². The Balaban J connectivity index is 1.65. The minimum atomic E-state index is -4.62. The summed E-state index contributed by atoms with van der Waals surface area (Å²) >= 11 is 0. The van der Waals surface area contributed by atoms with Crippen molar-refractivity contribution in [3.63, 3.8) is 0 Å². The number of benzene rings is 2. The molecule has 0 radical (unpaired) electrons. The third-order valence-electron chi connectivity index (χ3n) is 6.60. The Bertz CT molecular complexity index is 1330. The van der Waals surface area contributed by atoms with Gasteiger partial charge in [-0.25, -0.2) is 4.98 Å². The molecule has 2 aromatic heterocycles. The predicted molar refractivity (Wildman–Crippen MR) is 119 cm³/mol. The van der Waals surface area contributed by atoms with E-state index in [0.717, 1.165) is 23.9 Å². The molecule has 1 aliphatic heterocycles. The van der Waals surface area contributed by atoms with Gasteiger partial charge in [0.05, 0.1) is 6.61 Å². The van der Waals surface area contributed by atoms with E-state index in [4.69, 9.17) is 4.42 Å². The molecule has 0 aliphatic carbocycles. The van der Waals surface area contributed by atoms with Crippen molar-refractivity contribution < 1.29 is 22.7 Å². The average molecular weight is 473 g/mol. The summed E-state index contributed by atoms with van der Waals surface area (Å²) in [5.41, 5.74) is 0.620. The molecule has 0 unspecified atom stereocenters. The van der Waals surface area contributed by atoms with E-state index >= 15 is 0 Å². The second-order valence-corrected chi connectivity index (χ2v) is 11.2. The number of nitrogens with zero attached hydrogens (tertiary/aromatic N) is 4. The number of aryl methyl sites for hydroxylation is 1. The smallest absolute Gasteiger partial charge is 0.420 e. The van der Waals surface area contributed by atoms with Gasteiger partial charge < -0.3 is 14.1 Å². The molecule has 3 heterocycles. The van der Waals surface area contributed by atoms with Crippen molar-refractivity contribution in [1.29, 1.82) is 0 Å². The Kier molecular flexibility index (Phi) is 5.17. The molecule has 1 saturated heterocycles. The van der Waals surface area contributed by atoms with Crippen LogP contribution in [0.25, 0.3) is 22.6 Å². The van der Waals surface area contributed by atoms with Crippen molar-refractivity contribution in [2.75, 3.05) is 0 Å². The SMILES string of the molecule is C[C@@H]1C[SiH2][C@](c2cccc(-c3nc4cc(CO)cc(C(F)(F)F)c4o3)c2)(c2nncn2C)C1. The van der Waals surface area contributed by atoms with Gasteiger partial charge in [0, 0.05) is 27.2 Å². The highest BCUT2D eigenvalue weighted by Crippen LogP contribution is 2.44. The van der Waals surface area contributed by atoms with Crippen molar-refractivity contribution in [3.05, 3.63) is 65.2 Å². The van der Waals surface area contributed by atoms with Crippen LogP contribution in [-0.4, -0.2) is 34.4 Å². The van der Waals surface area contributed by atoms with Crippen LogP contribution in [0, 0.1) is 5.92 Å². The van der Waals surface area contributed by atoms with Crippen molar-refractivity contribution >= 4 is 20.6 Å². The van der Waals surface area contributed by atoms with E-state index < -0.39 is 27.9 Å². The number of aliphatic hydroxyl groups excluding tert-OH is 1. The van der Waals surface area contributed by atoms with Gasteiger partial charge in [-0.15, -0.1) is 10.2 Å². The highest BCUT2D eigenvalue weighted by molar-refractivity contribution is 6.42. The number of hydrogen-bond donors (Lipinski definition) is 1. The molecule has 33 heavy (non-hydrogen) atoms. The van der Waals surface area contributed by atoms with Crippen LogP contribution in [0.5, 0.6) is 0 Å². The van der Waals surface area contributed by atoms with Gasteiger partial charge in [-0.2, -0.15) is 13.2 Å². The van der Waals surface area contributed by atoms with Gasteiger partial charge in [-0.05, 0) is 47.7 Å². The van der Waals surface area contributed by atoms with E-state index in [9.17, 15) is 18.3 Å². The largest absolute Gasteiger partial charge is 0.435 e. The molecule has 10 heteroatoms. The summed E-state index contributed by atoms with van der Waals surface area (Å²) in [5, 5.41) is 17.7. The van der Waals surface area contributed by atoms with Gasteiger partial charge in [0.1, 0.15) is 23.2 Å². The summed E-state index contributed by atoms with van der Waals surface area (Å²) in [6.45, 7) is 1.73. The topological polar surface area (TPSA) is 77.0 Å². The predicted octanol–water partition coefficient (Wildman–Crippen LogP) is 4.00. The summed E-state index contributed by atoms with van der Waals surface area (Å²) in [5.74, 6) is 1.61. The molecule has 1 aliphatic rings. The zero-order chi connectivity index (χ0) is 23.4. The number of rotatable bonds is 4. The Morgan fingerprint density at radius 3 is 2.73 bits per heavy atom. The maximum absolute atomic E-state index is 13.6. The van der Waals surface area contributed by atoms with Crippen LogP contribution < -0.4 is 0 Å². The molecule has 2 atom stereocenters. The van der Waals surface area contributed by atoms with Gasteiger partial charge in [-0.1, -0.05) is 25.1 Å². The zero-order valence-electron chi connectivity index (χ0n) is 18.2. The van der Waals surface area contributed by atoms with Crippen molar-refractivity contribution in [1.82, 2.24) is 19.7 Å². The van der Waals surface area contributed by atoms with Crippen molar-refractivity contribution in [3.8, 4) is 11.5 Å². The van der Waals surface area contributed by atoms with E-state index in [1.54, 1.807) is 12.4 Å². The lowest BCUT2D eigenvalue weighted by Gasteiger charge is -2.29. The normalized spacial score (nSPS) is 21.9. The number of fused-ring (bicyclic) bond motifs is 1. The molecule has 1 fully saturated rings. The summed E-state index contributed by atoms with van der Waals surface area (Å²) in [4.78, 5) is 4.35. The van der Waals surface area contributed by atoms with Crippen molar-refractivity contribution in [2.45, 2.75) is 37.2 Å². The number of hydrogen-bond acceptors (Lipinski definition) is 5. The zero-order valence-corrected chi connectivity index (χ0v) is 19.6. The first kappa shape index (κ1) is 21.8. The molecule has 0 bridgehead atoms. The molecule has 0 spiro atoms. The first-order valence-electron chi connectivity index (χ1n) is 10.8. The molecule has 0 saturated carbocycles. The lowest BCUT2D eigenvalue weighted by molar-refractivity contribution is -0.136. The summed E-state index contributed by atoms with van der Waals surface area (Å²) in [6, 6.07) is 11.2. The Hall–Kier alpha value is -2.98. The molecule has 0 amide bonds. The van der Waals surface area contributed by atoms with Crippen LogP contribution in [0.4, 0.5) is 13.2 Å². The summed E-state index contributed by atoms with van der Waals surface area (Å²) in [7, 11) is 1.35. The number of aromatic nitrogens is 4. The van der Waals surface area contributed by atoms with Gasteiger partial charge in [0.25, 0.3) is 0 Å². The highest BCUT2D eigenvalue weighted by atomic mass is 28.2. The van der Waals surface area contributed by atoms with Crippen molar-refractivity contribution in [2.24, 2.45) is 13.0 Å². The lowest BCUT2D eigenvalue weighted by Crippen LogP contribution is -2.33. The molecule has 2 aromatic carbocycles. The standard InChI is InChI=1S/C23H23F3N4O2Si/c1-13-9-22(33-11-13,21-29-27-12-30(21)2)16-5-3-4-15(8-16)20-28-18-7-14(10-31)6-17(19(18)32-20)23(24,25)26/h3-8,12-13,31H,9-11,33H2,1-2H3/t13-,22+/m0/s1. The van der Waals surface area contributed by atoms with E-state index in [1.165, 1.54) is 12.1 Å². The van der Waals surface area contributed by atoms with Crippen LogP contribution in [-0.2, 0) is 24.9 Å². The molecule has 1 N–H and O–H groups in total. The number of alkyl halides is 3. The first-order valence-corrected chi connectivity index (χ1v) is 12.5. The summed E-state index contributed by atoms with van der Waals surface area (Å²) in [6.07, 6.45) is -1.96. The maximum Gasteiger partial charge on any atom is 0.420 e. The molecular formula is C23H23F3N4O2Si. The average Bonchev–Trinajstić information content (AvgIpc) is 3.50. The fourth-order valence-corrected chi connectivity index (χ4v) is 8.01. The third-order valence-corrected chi connectivity index (χ3v) is 9.74. The summed E-state index contributed by atoms with van der Waals surface area (Å²) < 4.78 is 48.5. The van der Waals surface area contributed by atoms with E-state index in [1.807, 2.05) is 23.7 Å². The molecular weight excluding hydrogens is 449 g/mol. The van der Waals surface area contributed by atoms with Crippen LogP contribution >= 0.6 is 0 Å². The first-order chi connectivity index (χ1) is 15.7. The van der Waals surface area contributed by atoms with Gasteiger partial charge in [0.2, 0.25) is 5.89 Å². The molecule has 4 aromatic rings. The van der Waals surface area contributed by atoms with Crippen LogP contribution in [0.3, 0.4) is 0 Å². The Morgan fingerprint density at radius 1 is 1.27 bits per heavy atom. The number of halogens is 3. The fourth-order valence-electron chi connectivity index (χ4n) is 5.07. The van der Waals surface area contributed by atoms with Gasteiger partial charge in [-0.3, -0.25) is 0 Å². The quantitative estimate of drug-likeness (QED) is 0.454. The third kappa shape index (κ3) is 3.67. The number of aliphatic hydroxyl groups is 1. The molecule has 6 nitrogen and oxygen atoms in total. The number of oxazole rings is 1. The minimum Gasteiger partial charge on any atom is -0.435 e.